The van der Waals surface area contributed by atoms with Gasteiger partial charge in [0.15, 0.2) is 0 Å². The van der Waals surface area contributed by atoms with Crippen molar-refractivity contribution in [2.24, 2.45) is 11.7 Å². The summed E-state index contributed by atoms with van der Waals surface area (Å²) >= 11 is 0. The van der Waals surface area contributed by atoms with Crippen molar-refractivity contribution in [3.05, 3.63) is 33.4 Å². The van der Waals surface area contributed by atoms with Crippen LogP contribution in [0.15, 0.2) is 17.0 Å². The van der Waals surface area contributed by atoms with Gasteiger partial charge in [-0.05, 0) is 50.7 Å². The summed E-state index contributed by atoms with van der Waals surface area (Å²) in [4.78, 5) is 10.6. The van der Waals surface area contributed by atoms with Crippen LogP contribution in [0, 0.1) is 29.9 Å². The minimum Gasteiger partial charge on any atom is -0.328 e. The van der Waals surface area contributed by atoms with Crippen molar-refractivity contribution in [2.45, 2.75) is 44.6 Å². The van der Waals surface area contributed by atoms with Crippen LogP contribution in [-0.4, -0.2) is 36.8 Å². The average Bonchev–Trinajstić information content (AvgIpc) is 2.46. The topological polar surface area (TPSA) is 107 Å². The molecule has 2 rings (SSSR count). The fraction of sp³-hybridized carbons (Fsp3) is 0.600. The van der Waals surface area contributed by atoms with Gasteiger partial charge in [-0.25, -0.2) is 8.42 Å². The number of nitro groups is 1. The Morgan fingerprint density at radius 3 is 2.39 bits per heavy atom. The summed E-state index contributed by atoms with van der Waals surface area (Å²) < 4.78 is 27.5. The van der Waals surface area contributed by atoms with Crippen LogP contribution >= 0.6 is 0 Å². The molecule has 1 aromatic rings. The predicted molar refractivity (Wildman–Crippen MR) is 87.7 cm³/mol. The van der Waals surface area contributed by atoms with Gasteiger partial charge in [0, 0.05) is 31.3 Å². The minimum absolute atomic E-state index is 0.0629. The second-order valence-electron chi connectivity index (χ2n) is 6.29. The number of non-ortho nitro benzene ring substituents is 1. The number of nitrogens with two attached hydrogens (primary N) is 1. The van der Waals surface area contributed by atoms with Gasteiger partial charge in [-0.1, -0.05) is 0 Å². The number of benzene rings is 1. The fourth-order valence-electron chi connectivity index (χ4n) is 3.19. The molecule has 1 aliphatic heterocycles. The molecule has 2 unspecified atom stereocenters. The van der Waals surface area contributed by atoms with Crippen molar-refractivity contribution in [3.8, 4) is 0 Å². The Labute approximate surface area is 136 Å². The lowest BCUT2D eigenvalue weighted by atomic mass is 9.93. The molecular formula is C15H23N3O4S. The van der Waals surface area contributed by atoms with Crippen molar-refractivity contribution < 1.29 is 13.3 Å². The van der Waals surface area contributed by atoms with Crippen molar-refractivity contribution in [3.63, 3.8) is 0 Å². The van der Waals surface area contributed by atoms with Crippen LogP contribution in [0.4, 0.5) is 5.69 Å². The number of rotatable bonds is 4. The van der Waals surface area contributed by atoms with E-state index in [0.29, 0.717) is 24.2 Å². The van der Waals surface area contributed by atoms with Gasteiger partial charge in [-0.15, -0.1) is 0 Å². The first-order valence-corrected chi connectivity index (χ1v) is 9.10. The van der Waals surface area contributed by atoms with Crippen molar-refractivity contribution in [2.75, 3.05) is 13.1 Å². The summed E-state index contributed by atoms with van der Waals surface area (Å²) in [6, 6.07) is 2.56. The summed E-state index contributed by atoms with van der Waals surface area (Å²) in [6.45, 7) is 5.94. The smallest absolute Gasteiger partial charge is 0.270 e. The van der Waals surface area contributed by atoms with E-state index < -0.39 is 14.9 Å². The first kappa shape index (κ1) is 17.8. The Kier molecular flexibility index (Phi) is 5.07. The van der Waals surface area contributed by atoms with Gasteiger partial charge >= 0.3 is 0 Å². The van der Waals surface area contributed by atoms with Gasteiger partial charge in [0.2, 0.25) is 10.0 Å². The third-order valence-corrected chi connectivity index (χ3v) is 6.59. The van der Waals surface area contributed by atoms with Crippen LogP contribution in [-0.2, 0) is 10.0 Å². The van der Waals surface area contributed by atoms with Gasteiger partial charge in [-0.2, -0.15) is 4.31 Å². The highest BCUT2D eigenvalue weighted by Crippen LogP contribution is 2.31. The number of hydrogen-bond donors (Lipinski definition) is 1. The fourth-order valence-corrected chi connectivity index (χ4v) is 5.14. The first-order valence-electron chi connectivity index (χ1n) is 7.66. The van der Waals surface area contributed by atoms with Crippen molar-refractivity contribution >= 4 is 15.7 Å². The van der Waals surface area contributed by atoms with Gasteiger partial charge in [0.1, 0.15) is 0 Å². The van der Waals surface area contributed by atoms with E-state index in [9.17, 15) is 18.5 Å². The highest BCUT2D eigenvalue weighted by Gasteiger charge is 2.34. The molecule has 8 heteroatoms. The third kappa shape index (κ3) is 3.54. The molecule has 0 amide bonds. The Balaban J connectivity index is 2.42. The quantitative estimate of drug-likeness (QED) is 0.665. The Bertz CT molecular complexity index is 692. The molecule has 128 valence electrons. The molecule has 0 radical (unpaired) electrons. The van der Waals surface area contributed by atoms with E-state index >= 15 is 0 Å². The Morgan fingerprint density at radius 2 is 1.91 bits per heavy atom. The van der Waals surface area contributed by atoms with Crippen molar-refractivity contribution in [1.82, 2.24) is 4.31 Å². The van der Waals surface area contributed by atoms with Crippen molar-refractivity contribution in [1.29, 1.82) is 0 Å². The summed E-state index contributed by atoms with van der Waals surface area (Å²) in [5.41, 5.74) is 6.64. The van der Waals surface area contributed by atoms with Gasteiger partial charge in [0.05, 0.1) is 9.82 Å². The van der Waals surface area contributed by atoms with Crippen LogP contribution in [0.3, 0.4) is 0 Å². The summed E-state index contributed by atoms with van der Waals surface area (Å²) in [5.74, 6) is 0.136. The van der Waals surface area contributed by atoms with Crippen LogP contribution in [0.25, 0.3) is 0 Å². The molecule has 2 atom stereocenters. The molecule has 0 saturated carbocycles. The number of nitrogens with zero attached hydrogens (tertiary/aromatic N) is 2. The summed E-state index contributed by atoms with van der Waals surface area (Å²) in [7, 11) is -3.68. The molecule has 7 nitrogen and oxygen atoms in total. The van der Waals surface area contributed by atoms with E-state index in [-0.39, 0.29) is 22.5 Å². The van der Waals surface area contributed by atoms with E-state index in [2.05, 4.69) is 0 Å². The van der Waals surface area contributed by atoms with Crippen LogP contribution in [0.5, 0.6) is 0 Å². The molecule has 2 N–H and O–H groups in total. The number of piperidine rings is 1. The molecule has 0 bridgehead atoms. The van der Waals surface area contributed by atoms with E-state index in [0.717, 1.165) is 12.8 Å². The zero-order valence-corrected chi connectivity index (χ0v) is 14.5. The largest absolute Gasteiger partial charge is 0.328 e. The third-order valence-electron chi connectivity index (χ3n) is 4.42. The number of hydrogen-bond acceptors (Lipinski definition) is 5. The molecule has 1 aromatic carbocycles. The lowest BCUT2D eigenvalue weighted by molar-refractivity contribution is -0.385. The lowest BCUT2D eigenvalue weighted by Gasteiger charge is -2.34. The molecular weight excluding hydrogens is 318 g/mol. The second kappa shape index (κ2) is 6.54. The number of nitro benzene ring substituents is 1. The molecule has 0 aromatic heterocycles. The molecule has 23 heavy (non-hydrogen) atoms. The van der Waals surface area contributed by atoms with Crippen LogP contribution in [0.2, 0.25) is 0 Å². The normalized spacial score (nSPS) is 21.1. The predicted octanol–water partition coefficient (Wildman–Crippen LogP) is 1.96. The molecule has 1 aliphatic rings. The summed E-state index contributed by atoms with van der Waals surface area (Å²) in [6.07, 6.45) is 1.69. The number of aryl methyl sites for hydroxylation is 2. The van der Waals surface area contributed by atoms with E-state index in [1.165, 1.54) is 16.4 Å². The molecule has 0 aliphatic carbocycles. The molecule has 0 spiro atoms. The molecule has 1 fully saturated rings. The highest BCUT2D eigenvalue weighted by atomic mass is 32.2. The highest BCUT2D eigenvalue weighted by molar-refractivity contribution is 7.89. The van der Waals surface area contributed by atoms with E-state index in [1.807, 2.05) is 6.92 Å². The maximum atomic E-state index is 13.0. The first-order chi connectivity index (χ1) is 10.6. The second-order valence-corrected chi connectivity index (χ2v) is 8.17. The van der Waals surface area contributed by atoms with Crippen LogP contribution in [0.1, 0.15) is 30.9 Å². The van der Waals surface area contributed by atoms with E-state index in [1.54, 1.807) is 13.8 Å². The summed E-state index contributed by atoms with van der Waals surface area (Å²) in [5, 5.41) is 10.9. The molecule has 1 saturated heterocycles. The maximum Gasteiger partial charge on any atom is 0.270 e. The molecule has 1 heterocycles. The van der Waals surface area contributed by atoms with Crippen LogP contribution < -0.4 is 5.73 Å². The number of sulfonamides is 1. The lowest BCUT2D eigenvalue weighted by Crippen LogP contribution is -2.45. The minimum atomic E-state index is -3.68. The SMILES string of the molecule is Cc1cc([N+](=O)[O-])cc(C)c1S(=O)(=O)N1CCCC(C(C)N)C1. The van der Waals surface area contributed by atoms with Gasteiger partial charge in [0.25, 0.3) is 5.69 Å². The van der Waals surface area contributed by atoms with E-state index in [4.69, 9.17) is 5.73 Å². The Morgan fingerprint density at radius 1 is 1.35 bits per heavy atom. The Hall–Kier alpha value is -1.51. The standard InChI is InChI=1S/C15H23N3O4S/c1-10-7-14(18(19)20)8-11(2)15(10)23(21,22)17-6-4-5-13(9-17)12(3)16/h7-8,12-13H,4-6,9,16H2,1-3H3. The zero-order chi connectivity index (χ0) is 17.4. The maximum absolute atomic E-state index is 13.0. The van der Waals surface area contributed by atoms with Gasteiger partial charge < -0.3 is 5.73 Å². The monoisotopic (exact) mass is 341 g/mol. The zero-order valence-electron chi connectivity index (χ0n) is 13.7. The van der Waals surface area contributed by atoms with Gasteiger partial charge in [-0.3, -0.25) is 10.1 Å². The average molecular weight is 341 g/mol.